The van der Waals surface area contributed by atoms with Crippen LogP contribution < -0.4 is 5.32 Å². The summed E-state index contributed by atoms with van der Waals surface area (Å²) < 4.78 is 26.7. The molecule has 0 bridgehead atoms. The zero-order chi connectivity index (χ0) is 15.6. The van der Waals surface area contributed by atoms with E-state index in [4.69, 9.17) is 0 Å². The predicted molar refractivity (Wildman–Crippen MR) is 87.9 cm³/mol. The quantitative estimate of drug-likeness (QED) is 0.915. The van der Waals surface area contributed by atoms with Gasteiger partial charge < -0.3 is 5.32 Å². The first-order valence-corrected chi connectivity index (χ1v) is 10.2. The van der Waals surface area contributed by atoms with Crippen LogP contribution in [-0.2, 0) is 10.0 Å². The van der Waals surface area contributed by atoms with Crippen LogP contribution in [0.4, 0.5) is 0 Å². The van der Waals surface area contributed by atoms with E-state index < -0.39 is 10.0 Å². The fourth-order valence-corrected chi connectivity index (χ4v) is 5.68. The average molecular weight is 356 g/mol. The molecule has 0 spiro atoms. The Bertz CT molecular complexity index is 715. The van der Waals surface area contributed by atoms with Gasteiger partial charge in [-0.15, -0.1) is 22.7 Å². The summed E-state index contributed by atoms with van der Waals surface area (Å²) >= 11 is 2.64. The third-order valence-corrected chi connectivity index (χ3v) is 7.76. The van der Waals surface area contributed by atoms with Crippen molar-refractivity contribution in [1.29, 1.82) is 0 Å². The van der Waals surface area contributed by atoms with Crippen molar-refractivity contribution in [2.75, 3.05) is 13.1 Å². The molecule has 0 radical (unpaired) electrons. The molecule has 2 aromatic rings. The minimum Gasteiger partial charge on any atom is -0.349 e. The van der Waals surface area contributed by atoms with Gasteiger partial charge in [0.05, 0.1) is 4.88 Å². The molecule has 3 rings (SSSR count). The van der Waals surface area contributed by atoms with Crippen molar-refractivity contribution in [2.24, 2.45) is 0 Å². The molecule has 5 nitrogen and oxygen atoms in total. The second kappa shape index (κ2) is 6.49. The summed E-state index contributed by atoms with van der Waals surface area (Å²) in [6.45, 7) is 0.880. The monoisotopic (exact) mass is 356 g/mol. The molecule has 0 aliphatic carbocycles. The van der Waals surface area contributed by atoms with Gasteiger partial charge in [-0.3, -0.25) is 4.79 Å². The van der Waals surface area contributed by atoms with Crippen LogP contribution in [0.2, 0.25) is 0 Å². The summed E-state index contributed by atoms with van der Waals surface area (Å²) in [4.78, 5) is 12.7. The molecule has 1 amide bonds. The minimum atomic E-state index is -3.37. The van der Waals surface area contributed by atoms with Crippen LogP contribution in [0.25, 0.3) is 0 Å². The molecule has 1 aliphatic heterocycles. The summed E-state index contributed by atoms with van der Waals surface area (Å²) in [5, 5.41) is 6.61. The number of nitrogens with one attached hydrogen (secondary N) is 1. The molecule has 0 atom stereocenters. The molecule has 0 unspecified atom stereocenters. The number of thiophene rings is 2. The second-order valence-electron chi connectivity index (χ2n) is 5.06. The number of carbonyl (C=O) groups is 1. The first-order valence-electron chi connectivity index (χ1n) is 6.95. The highest BCUT2D eigenvalue weighted by atomic mass is 32.2. The zero-order valence-electron chi connectivity index (χ0n) is 11.8. The number of piperidine rings is 1. The standard InChI is InChI=1S/C14H16N2O3S3/c17-14(12-3-1-9-20-12)15-11-5-7-16(8-6-11)22(18,19)13-4-2-10-21-13/h1-4,9-11H,5-8H2,(H,15,17). The first-order chi connectivity index (χ1) is 10.6. The fraction of sp³-hybridized carbons (Fsp3) is 0.357. The zero-order valence-corrected chi connectivity index (χ0v) is 14.2. The van der Waals surface area contributed by atoms with Crippen molar-refractivity contribution in [3.63, 3.8) is 0 Å². The Hall–Kier alpha value is -1.22. The van der Waals surface area contributed by atoms with Gasteiger partial charge in [0.1, 0.15) is 4.21 Å². The van der Waals surface area contributed by atoms with Crippen LogP contribution in [0.1, 0.15) is 22.5 Å². The Kier molecular flexibility index (Phi) is 4.62. The van der Waals surface area contributed by atoms with Gasteiger partial charge in [0, 0.05) is 19.1 Å². The maximum Gasteiger partial charge on any atom is 0.261 e. The van der Waals surface area contributed by atoms with Gasteiger partial charge >= 0.3 is 0 Å². The molecule has 2 aromatic heterocycles. The topological polar surface area (TPSA) is 66.5 Å². The van der Waals surface area contributed by atoms with E-state index in [9.17, 15) is 13.2 Å². The van der Waals surface area contributed by atoms with Crippen molar-refractivity contribution in [1.82, 2.24) is 9.62 Å². The second-order valence-corrected chi connectivity index (χ2v) is 9.12. The van der Waals surface area contributed by atoms with Gasteiger partial charge in [0.25, 0.3) is 15.9 Å². The third-order valence-electron chi connectivity index (χ3n) is 3.62. The number of hydrogen-bond acceptors (Lipinski definition) is 5. The van der Waals surface area contributed by atoms with E-state index in [-0.39, 0.29) is 11.9 Å². The highest BCUT2D eigenvalue weighted by Crippen LogP contribution is 2.24. The molecule has 3 heterocycles. The normalized spacial score (nSPS) is 17.5. The Morgan fingerprint density at radius 3 is 2.41 bits per heavy atom. The number of carbonyl (C=O) groups excluding carboxylic acids is 1. The molecule has 1 saturated heterocycles. The van der Waals surface area contributed by atoms with Crippen LogP contribution in [0.5, 0.6) is 0 Å². The van der Waals surface area contributed by atoms with Gasteiger partial charge in [-0.05, 0) is 35.7 Å². The molecule has 8 heteroatoms. The van der Waals surface area contributed by atoms with E-state index in [2.05, 4.69) is 5.32 Å². The molecular formula is C14H16N2O3S3. The smallest absolute Gasteiger partial charge is 0.261 e. The number of hydrogen-bond donors (Lipinski definition) is 1. The van der Waals surface area contributed by atoms with Gasteiger partial charge in [-0.25, -0.2) is 8.42 Å². The summed E-state index contributed by atoms with van der Waals surface area (Å²) in [5.41, 5.74) is 0. The summed E-state index contributed by atoms with van der Waals surface area (Å²) in [7, 11) is -3.37. The lowest BCUT2D eigenvalue weighted by Crippen LogP contribution is -2.46. The molecule has 1 fully saturated rings. The highest BCUT2D eigenvalue weighted by molar-refractivity contribution is 7.91. The lowest BCUT2D eigenvalue weighted by molar-refractivity contribution is 0.0928. The van der Waals surface area contributed by atoms with Crippen LogP contribution in [0.3, 0.4) is 0 Å². The van der Waals surface area contributed by atoms with E-state index in [0.717, 1.165) is 0 Å². The van der Waals surface area contributed by atoms with E-state index in [1.54, 1.807) is 23.6 Å². The lowest BCUT2D eigenvalue weighted by Gasteiger charge is -2.31. The van der Waals surface area contributed by atoms with E-state index in [0.29, 0.717) is 35.0 Å². The Morgan fingerprint density at radius 2 is 1.82 bits per heavy atom. The van der Waals surface area contributed by atoms with Crippen molar-refractivity contribution in [3.8, 4) is 0 Å². The maximum atomic E-state index is 12.4. The van der Waals surface area contributed by atoms with Crippen LogP contribution in [0, 0.1) is 0 Å². The fourth-order valence-electron chi connectivity index (χ4n) is 2.44. The van der Waals surface area contributed by atoms with Crippen LogP contribution >= 0.6 is 22.7 Å². The summed E-state index contributed by atoms with van der Waals surface area (Å²) in [6.07, 6.45) is 1.28. The van der Waals surface area contributed by atoms with Gasteiger partial charge in [-0.2, -0.15) is 4.31 Å². The van der Waals surface area contributed by atoms with E-state index in [1.165, 1.54) is 27.0 Å². The molecular weight excluding hydrogens is 340 g/mol. The molecule has 1 N–H and O–H groups in total. The largest absolute Gasteiger partial charge is 0.349 e. The van der Waals surface area contributed by atoms with Crippen molar-refractivity contribution in [3.05, 3.63) is 39.9 Å². The molecule has 0 saturated carbocycles. The lowest BCUT2D eigenvalue weighted by atomic mass is 10.1. The van der Waals surface area contributed by atoms with Gasteiger partial charge in [0.15, 0.2) is 0 Å². The Balaban J connectivity index is 1.58. The third kappa shape index (κ3) is 3.24. The first kappa shape index (κ1) is 15.7. The number of amides is 1. The average Bonchev–Trinajstić information content (AvgIpc) is 3.21. The van der Waals surface area contributed by atoms with Crippen molar-refractivity contribution < 1.29 is 13.2 Å². The van der Waals surface area contributed by atoms with E-state index in [1.807, 2.05) is 11.4 Å². The molecule has 118 valence electrons. The predicted octanol–water partition coefficient (Wildman–Crippen LogP) is 2.39. The number of sulfonamides is 1. The van der Waals surface area contributed by atoms with Crippen molar-refractivity contribution in [2.45, 2.75) is 23.1 Å². The van der Waals surface area contributed by atoms with E-state index >= 15 is 0 Å². The number of nitrogens with zero attached hydrogens (tertiary/aromatic N) is 1. The molecule has 1 aliphatic rings. The Morgan fingerprint density at radius 1 is 1.14 bits per heavy atom. The number of rotatable bonds is 4. The van der Waals surface area contributed by atoms with Gasteiger partial charge in [0.2, 0.25) is 0 Å². The van der Waals surface area contributed by atoms with Crippen LogP contribution in [-0.4, -0.2) is 37.8 Å². The molecule has 22 heavy (non-hydrogen) atoms. The minimum absolute atomic E-state index is 0.0318. The maximum absolute atomic E-state index is 12.4. The SMILES string of the molecule is O=C(NC1CCN(S(=O)(=O)c2cccs2)CC1)c1cccs1. The highest BCUT2D eigenvalue weighted by Gasteiger charge is 2.30. The van der Waals surface area contributed by atoms with Gasteiger partial charge in [-0.1, -0.05) is 12.1 Å². The molecule has 0 aromatic carbocycles. The van der Waals surface area contributed by atoms with Crippen LogP contribution in [0.15, 0.2) is 39.2 Å². The summed E-state index contributed by atoms with van der Waals surface area (Å²) in [6, 6.07) is 7.03. The van der Waals surface area contributed by atoms with Crippen molar-refractivity contribution >= 4 is 38.6 Å². The summed E-state index contributed by atoms with van der Waals surface area (Å²) in [5.74, 6) is -0.0745. The Labute approximate surface area is 137 Å².